The van der Waals surface area contributed by atoms with Gasteiger partial charge >= 0.3 is 0 Å². The van der Waals surface area contributed by atoms with Crippen LogP contribution >= 0.6 is 0 Å². The van der Waals surface area contributed by atoms with Gasteiger partial charge in [-0.15, -0.1) is 0 Å². The highest BCUT2D eigenvalue weighted by atomic mass is 32.2. The standard InChI is InChI=1S/C27H42N6O3SSi/c1-27(2,3)19-37(34,35)33-13-8-9-21(18-33)30-25-22(10-7-12-28-25)24-17-29-26-23(31-24)11-14-32(26)20-36-15-16-38(4,5)6/h7,10-12,14,17,21H,8-9,13,15-16,18-20H2,1-6H3,(H,28,30)/t21-/m0/s1. The average Bonchev–Trinajstić information content (AvgIpc) is 3.22. The van der Waals surface area contributed by atoms with Crippen LogP contribution in [0.4, 0.5) is 5.82 Å². The summed E-state index contributed by atoms with van der Waals surface area (Å²) in [6.45, 7) is 15.1. The lowest BCUT2D eigenvalue weighted by atomic mass is 10.0. The van der Waals surface area contributed by atoms with Crippen LogP contribution in [0, 0.1) is 5.41 Å². The number of pyridine rings is 1. The van der Waals surface area contributed by atoms with Crippen LogP contribution < -0.4 is 5.32 Å². The molecule has 38 heavy (non-hydrogen) atoms. The van der Waals surface area contributed by atoms with Gasteiger partial charge in [-0.2, -0.15) is 4.31 Å². The molecule has 1 aliphatic heterocycles. The second-order valence-electron chi connectivity index (χ2n) is 12.7. The van der Waals surface area contributed by atoms with Gasteiger partial charge in [-0.1, -0.05) is 40.4 Å². The molecular weight excluding hydrogens is 516 g/mol. The molecule has 1 saturated heterocycles. The Morgan fingerprint density at radius 2 is 1.97 bits per heavy atom. The Morgan fingerprint density at radius 1 is 1.18 bits per heavy atom. The molecule has 4 rings (SSSR count). The topological polar surface area (TPSA) is 102 Å². The lowest BCUT2D eigenvalue weighted by Crippen LogP contribution is -2.47. The van der Waals surface area contributed by atoms with E-state index < -0.39 is 18.1 Å². The first-order valence-electron chi connectivity index (χ1n) is 13.4. The van der Waals surface area contributed by atoms with E-state index in [1.165, 1.54) is 0 Å². The third-order valence-corrected chi connectivity index (χ3v) is 10.6. The van der Waals surface area contributed by atoms with Crippen molar-refractivity contribution in [3.05, 3.63) is 36.8 Å². The van der Waals surface area contributed by atoms with E-state index in [4.69, 9.17) is 14.7 Å². The summed E-state index contributed by atoms with van der Waals surface area (Å²) >= 11 is 0. The largest absolute Gasteiger partial charge is 0.365 e. The number of ether oxygens (including phenoxy) is 1. The molecule has 1 atom stereocenters. The van der Waals surface area contributed by atoms with Crippen molar-refractivity contribution in [1.29, 1.82) is 0 Å². The first-order chi connectivity index (χ1) is 17.8. The number of anilines is 1. The number of hydrogen-bond acceptors (Lipinski definition) is 7. The van der Waals surface area contributed by atoms with Gasteiger partial charge in [0.2, 0.25) is 10.0 Å². The maximum Gasteiger partial charge on any atom is 0.214 e. The molecule has 0 amide bonds. The molecule has 1 N–H and O–H groups in total. The van der Waals surface area contributed by atoms with Crippen molar-refractivity contribution in [1.82, 2.24) is 23.8 Å². The minimum absolute atomic E-state index is 0.0294. The van der Waals surface area contributed by atoms with Gasteiger partial charge in [0.25, 0.3) is 0 Å². The molecule has 0 spiro atoms. The fraction of sp³-hybridized carbons (Fsp3) is 0.593. The highest BCUT2D eigenvalue weighted by Crippen LogP contribution is 2.28. The van der Waals surface area contributed by atoms with Crippen molar-refractivity contribution in [2.75, 3.05) is 30.8 Å². The zero-order valence-corrected chi connectivity index (χ0v) is 25.4. The third kappa shape index (κ3) is 7.61. The molecular formula is C27H42N6O3SSi. The number of hydrogen-bond donors (Lipinski definition) is 1. The normalized spacial score (nSPS) is 17.7. The predicted molar refractivity (Wildman–Crippen MR) is 156 cm³/mol. The minimum atomic E-state index is -3.33. The summed E-state index contributed by atoms with van der Waals surface area (Å²) in [5.41, 5.74) is 2.86. The molecule has 0 saturated carbocycles. The van der Waals surface area contributed by atoms with Crippen molar-refractivity contribution in [2.24, 2.45) is 5.41 Å². The molecule has 9 nitrogen and oxygen atoms in total. The van der Waals surface area contributed by atoms with Crippen LogP contribution in [-0.2, 0) is 21.5 Å². The summed E-state index contributed by atoms with van der Waals surface area (Å²) in [6.07, 6.45) is 7.15. The molecule has 1 fully saturated rings. The van der Waals surface area contributed by atoms with E-state index in [9.17, 15) is 8.42 Å². The second kappa shape index (κ2) is 11.4. The highest BCUT2D eigenvalue weighted by molar-refractivity contribution is 7.89. The summed E-state index contributed by atoms with van der Waals surface area (Å²) in [7, 11) is -4.46. The van der Waals surface area contributed by atoms with Crippen molar-refractivity contribution in [3.63, 3.8) is 0 Å². The fourth-order valence-electron chi connectivity index (χ4n) is 4.61. The molecule has 4 heterocycles. The molecule has 11 heteroatoms. The molecule has 0 unspecified atom stereocenters. The summed E-state index contributed by atoms with van der Waals surface area (Å²) in [5.74, 6) is 0.829. The Bertz CT molecular complexity index is 1350. The lowest BCUT2D eigenvalue weighted by Gasteiger charge is -2.34. The van der Waals surface area contributed by atoms with E-state index in [2.05, 4.69) is 29.9 Å². The van der Waals surface area contributed by atoms with Crippen LogP contribution in [-0.4, -0.2) is 71.8 Å². The zero-order chi connectivity index (χ0) is 27.6. The van der Waals surface area contributed by atoms with Crippen molar-refractivity contribution in [3.8, 4) is 11.3 Å². The van der Waals surface area contributed by atoms with Crippen LogP contribution in [0.15, 0.2) is 36.8 Å². The van der Waals surface area contributed by atoms with Crippen molar-refractivity contribution >= 4 is 35.1 Å². The van der Waals surface area contributed by atoms with E-state index in [-0.39, 0.29) is 17.2 Å². The molecule has 0 radical (unpaired) electrons. The monoisotopic (exact) mass is 558 g/mol. The van der Waals surface area contributed by atoms with E-state index in [1.54, 1.807) is 16.7 Å². The summed E-state index contributed by atoms with van der Waals surface area (Å²) in [4.78, 5) is 14.1. The number of rotatable bonds is 10. The molecule has 1 aliphatic rings. The minimum Gasteiger partial charge on any atom is -0.365 e. The lowest BCUT2D eigenvalue weighted by molar-refractivity contribution is 0.0899. The highest BCUT2D eigenvalue weighted by Gasteiger charge is 2.32. The van der Waals surface area contributed by atoms with Crippen LogP contribution in [0.25, 0.3) is 22.4 Å². The van der Waals surface area contributed by atoms with Crippen molar-refractivity contribution < 1.29 is 13.2 Å². The van der Waals surface area contributed by atoms with E-state index in [1.807, 2.05) is 49.7 Å². The van der Waals surface area contributed by atoms with Gasteiger partial charge in [0.1, 0.15) is 18.1 Å². The number of sulfonamides is 1. The van der Waals surface area contributed by atoms with Gasteiger partial charge in [0.05, 0.1) is 17.6 Å². The third-order valence-electron chi connectivity index (χ3n) is 6.51. The van der Waals surface area contributed by atoms with Crippen LogP contribution in [0.5, 0.6) is 0 Å². The molecule has 3 aromatic heterocycles. The number of nitrogens with zero attached hydrogens (tertiary/aromatic N) is 5. The molecule has 208 valence electrons. The number of aromatic nitrogens is 4. The first kappa shape index (κ1) is 28.7. The van der Waals surface area contributed by atoms with Gasteiger partial charge in [-0.3, -0.25) is 0 Å². The van der Waals surface area contributed by atoms with Gasteiger partial charge in [-0.05, 0) is 42.5 Å². The molecule has 0 bridgehead atoms. The molecule has 0 aromatic carbocycles. The Hall–Kier alpha value is -2.34. The molecule has 3 aromatic rings. The van der Waals surface area contributed by atoms with Crippen LogP contribution in [0.1, 0.15) is 33.6 Å². The summed E-state index contributed by atoms with van der Waals surface area (Å²) in [5, 5.41) is 3.51. The van der Waals surface area contributed by atoms with Gasteiger partial charge in [0, 0.05) is 51.8 Å². The maximum absolute atomic E-state index is 13.0. The number of nitrogens with one attached hydrogen (secondary N) is 1. The number of piperidine rings is 1. The SMILES string of the molecule is CC(C)(C)CS(=O)(=O)N1CCC[C@H](Nc2ncccc2-c2cnc3c(ccn3COCC[Si](C)(C)C)n2)C1. The summed E-state index contributed by atoms with van der Waals surface area (Å²) < 4.78 is 35.5. The number of fused-ring (bicyclic) bond motifs is 1. The predicted octanol–water partition coefficient (Wildman–Crippen LogP) is 5.06. The van der Waals surface area contributed by atoms with E-state index in [0.717, 1.165) is 47.9 Å². The Kier molecular flexibility index (Phi) is 8.61. The van der Waals surface area contributed by atoms with Gasteiger partial charge in [-0.25, -0.2) is 23.4 Å². The van der Waals surface area contributed by atoms with E-state index in [0.29, 0.717) is 25.6 Å². The zero-order valence-electron chi connectivity index (χ0n) is 23.6. The maximum atomic E-state index is 13.0. The summed E-state index contributed by atoms with van der Waals surface area (Å²) in [6, 6.07) is 6.90. The molecule has 0 aliphatic carbocycles. The average molecular weight is 559 g/mol. The van der Waals surface area contributed by atoms with Gasteiger partial charge in [0.15, 0.2) is 5.65 Å². The first-order valence-corrected chi connectivity index (χ1v) is 18.7. The van der Waals surface area contributed by atoms with Crippen molar-refractivity contribution in [2.45, 2.75) is 72.1 Å². The quantitative estimate of drug-likeness (QED) is 0.274. The van der Waals surface area contributed by atoms with Crippen LogP contribution in [0.2, 0.25) is 25.7 Å². The second-order valence-corrected chi connectivity index (χ2v) is 20.2. The Balaban J connectivity index is 1.47. The smallest absolute Gasteiger partial charge is 0.214 e. The van der Waals surface area contributed by atoms with Crippen LogP contribution in [0.3, 0.4) is 0 Å². The Morgan fingerprint density at radius 3 is 2.71 bits per heavy atom. The fourth-order valence-corrected chi connectivity index (χ4v) is 7.46. The Labute approximate surface area is 228 Å². The van der Waals surface area contributed by atoms with E-state index >= 15 is 0 Å². The van der Waals surface area contributed by atoms with Gasteiger partial charge < -0.3 is 14.6 Å².